The van der Waals surface area contributed by atoms with Crippen LogP contribution in [0.15, 0.2) is 54.6 Å². The fourth-order valence-corrected chi connectivity index (χ4v) is 3.44. The first-order chi connectivity index (χ1) is 11.0. The van der Waals surface area contributed by atoms with Crippen molar-refractivity contribution in [3.05, 3.63) is 65.7 Å². The van der Waals surface area contributed by atoms with E-state index in [9.17, 15) is 8.42 Å². The number of methoxy groups -OCH3 is 1. The molecule has 0 fully saturated rings. The molecule has 23 heavy (non-hydrogen) atoms. The van der Waals surface area contributed by atoms with E-state index in [1.54, 1.807) is 14.2 Å². The predicted octanol–water partition coefficient (Wildman–Crippen LogP) is 2.74. The number of rotatable bonds is 8. The summed E-state index contributed by atoms with van der Waals surface area (Å²) in [6, 6.07) is 17.4. The number of likely N-dealkylation sites (N-methyl/N-ethyl adjacent to an activating group) is 1. The molecule has 0 N–H and O–H groups in total. The van der Waals surface area contributed by atoms with Crippen molar-refractivity contribution in [1.82, 2.24) is 4.31 Å². The van der Waals surface area contributed by atoms with E-state index in [-0.39, 0.29) is 5.75 Å². The number of ether oxygens (including phenoxy) is 1. The maximum absolute atomic E-state index is 12.3. The molecule has 4 nitrogen and oxygen atoms in total. The predicted molar refractivity (Wildman–Crippen MR) is 93.3 cm³/mol. The third kappa shape index (κ3) is 5.37. The van der Waals surface area contributed by atoms with Crippen LogP contribution in [0.5, 0.6) is 5.75 Å². The van der Waals surface area contributed by atoms with Gasteiger partial charge in [-0.05, 0) is 36.1 Å². The van der Waals surface area contributed by atoms with Gasteiger partial charge in [0.1, 0.15) is 5.75 Å². The van der Waals surface area contributed by atoms with E-state index < -0.39 is 10.0 Å². The normalized spacial score (nSPS) is 11.6. The maximum Gasteiger partial charge on any atom is 0.214 e. The summed E-state index contributed by atoms with van der Waals surface area (Å²) in [6.07, 6.45) is 1.22. The molecule has 2 rings (SSSR count). The van der Waals surface area contributed by atoms with E-state index in [4.69, 9.17) is 4.74 Å². The van der Waals surface area contributed by atoms with Crippen molar-refractivity contribution in [2.75, 3.05) is 26.5 Å². The first-order valence-electron chi connectivity index (χ1n) is 7.62. The van der Waals surface area contributed by atoms with E-state index in [2.05, 4.69) is 0 Å². The van der Waals surface area contributed by atoms with Crippen LogP contribution in [0.1, 0.15) is 11.1 Å². The minimum atomic E-state index is -3.23. The highest BCUT2D eigenvalue weighted by molar-refractivity contribution is 7.89. The van der Waals surface area contributed by atoms with Gasteiger partial charge in [0.25, 0.3) is 0 Å². The average Bonchev–Trinajstić information content (AvgIpc) is 2.59. The zero-order valence-corrected chi connectivity index (χ0v) is 14.4. The van der Waals surface area contributed by atoms with Gasteiger partial charge in [-0.15, -0.1) is 0 Å². The van der Waals surface area contributed by atoms with Crippen molar-refractivity contribution in [3.8, 4) is 5.75 Å². The summed E-state index contributed by atoms with van der Waals surface area (Å²) < 4.78 is 31.2. The lowest BCUT2D eigenvalue weighted by molar-refractivity contribution is 0.414. The van der Waals surface area contributed by atoms with Gasteiger partial charge in [-0.2, -0.15) is 0 Å². The third-order valence-corrected chi connectivity index (χ3v) is 5.69. The number of sulfonamides is 1. The zero-order chi connectivity index (χ0) is 16.7. The molecule has 0 bridgehead atoms. The number of nitrogens with zero attached hydrogens (tertiary/aromatic N) is 1. The van der Waals surface area contributed by atoms with Crippen molar-refractivity contribution >= 4 is 10.0 Å². The van der Waals surface area contributed by atoms with Crippen LogP contribution >= 0.6 is 0 Å². The molecule has 0 amide bonds. The molecule has 124 valence electrons. The second kappa shape index (κ2) is 8.13. The lowest BCUT2D eigenvalue weighted by Crippen LogP contribution is -2.31. The fourth-order valence-electron chi connectivity index (χ4n) is 2.27. The Bertz CT molecular complexity index is 697. The molecule has 0 aromatic heterocycles. The Hall–Kier alpha value is -1.85. The minimum Gasteiger partial charge on any atom is -0.497 e. The first kappa shape index (κ1) is 17.5. The molecule has 0 unspecified atom stereocenters. The van der Waals surface area contributed by atoms with E-state index >= 15 is 0 Å². The van der Waals surface area contributed by atoms with Gasteiger partial charge >= 0.3 is 0 Å². The van der Waals surface area contributed by atoms with Crippen LogP contribution in [0.25, 0.3) is 0 Å². The topological polar surface area (TPSA) is 46.6 Å². The summed E-state index contributed by atoms with van der Waals surface area (Å²) in [6.45, 7) is 0.476. The largest absolute Gasteiger partial charge is 0.497 e. The zero-order valence-electron chi connectivity index (χ0n) is 13.6. The van der Waals surface area contributed by atoms with Crippen molar-refractivity contribution < 1.29 is 13.2 Å². The SMILES string of the molecule is COc1ccc(CCN(C)S(=O)(=O)CCc2ccccc2)cc1. The highest BCUT2D eigenvalue weighted by Crippen LogP contribution is 2.13. The van der Waals surface area contributed by atoms with Crippen LogP contribution in [0, 0.1) is 0 Å². The highest BCUT2D eigenvalue weighted by Gasteiger charge is 2.17. The summed E-state index contributed by atoms with van der Waals surface area (Å²) in [4.78, 5) is 0. The molecule has 0 spiro atoms. The number of benzene rings is 2. The number of aryl methyl sites for hydroxylation is 1. The van der Waals surface area contributed by atoms with Gasteiger partial charge < -0.3 is 4.74 Å². The molecule has 0 radical (unpaired) electrons. The molecule has 2 aromatic rings. The van der Waals surface area contributed by atoms with Gasteiger partial charge in [-0.1, -0.05) is 42.5 Å². The van der Waals surface area contributed by atoms with E-state index in [0.717, 1.165) is 16.9 Å². The molecule has 0 heterocycles. The molecular weight excluding hydrogens is 310 g/mol. The van der Waals surface area contributed by atoms with Crippen molar-refractivity contribution in [1.29, 1.82) is 0 Å². The van der Waals surface area contributed by atoms with Crippen molar-refractivity contribution in [2.45, 2.75) is 12.8 Å². The molecule has 0 saturated heterocycles. The quantitative estimate of drug-likeness (QED) is 0.746. The molecule has 2 aromatic carbocycles. The van der Waals surface area contributed by atoms with Crippen LogP contribution in [0.2, 0.25) is 0 Å². The fraction of sp³-hybridized carbons (Fsp3) is 0.333. The Morgan fingerprint density at radius 2 is 1.52 bits per heavy atom. The van der Waals surface area contributed by atoms with Crippen molar-refractivity contribution in [3.63, 3.8) is 0 Å². The smallest absolute Gasteiger partial charge is 0.214 e. The summed E-state index contributed by atoms with van der Waals surface area (Å²) >= 11 is 0. The summed E-state index contributed by atoms with van der Waals surface area (Å²) in [5, 5.41) is 0. The molecule has 0 atom stereocenters. The van der Waals surface area contributed by atoms with Crippen LogP contribution < -0.4 is 4.74 Å². The van der Waals surface area contributed by atoms with Gasteiger partial charge in [-0.25, -0.2) is 12.7 Å². The van der Waals surface area contributed by atoms with Gasteiger partial charge in [-0.3, -0.25) is 0 Å². The number of hydrogen-bond acceptors (Lipinski definition) is 3. The average molecular weight is 333 g/mol. The van der Waals surface area contributed by atoms with Crippen LogP contribution in [0.4, 0.5) is 0 Å². The second-order valence-electron chi connectivity index (χ2n) is 5.47. The van der Waals surface area contributed by atoms with E-state index in [0.29, 0.717) is 19.4 Å². The molecular formula is C18H23NO3S. The van der Waals surface area contributed by atoms with Gasteiger partial charge in [0.2, 0.25) is 10.0 Å². The lowest BCUT2D eigenvalue weighted by Gasteiger charge is -2.17. The Balaban J connectivity index is 1.86. The summed E-state index contributed by atoms with van der Waals surface area (Å²) in [5.74, 6) is 0.938. The minimum absolute atomic E-state index is 0.135. The van der Waals surface area contributed by atoms with Crippen LogP contribution in [-0.2, 0) is 22.9 Å². The van der Waals surface area contributed by atoms with Crippen molar-refractivity contribution in [2.24, 2.45) is 0 Å². The maximum atomic E-state index is 12.3. The van der Waals surface area contributed by atoms with Gasteiger partial charge in [0.05, 0.1) is 12.9 Å². The molecule has 0 aliphatic rings. The van der Waals surface area contributed by atoms with Crippen LogP contribution in [-0.4, -0.2) is 39.2 Å². The Kier molecular flexibility index (Phi) is 6.19. The Morgan fingerprint density at radius 3 is 2.13 bits per heavy atom. The molecule has 0 aliphatic heterocycles. The molecule has 0 aliphatic carbocycles. The van der Waals surface area contributed by atoms with Crippen LogP contribution in [0.3, 0.4) is 0 Å². The molecule has 5 heteroatoms. The Labute approximate surface area is 138 Å². The van der Waals surface area contributed by atoms with Gasteiger partial charge in [0, 0.05) is 13.6 Å². The standard InChI is InChI=1S/C18H23NO3S/c1-19(14-12-17-8-10-18(22-2)11-9-17)23(20,21)15-13-16-6-4-3-5-7-16/h3-11H,12-15H2,1-2H3. The third-order valence-electron chi connectivity index (χ3n) is 3.84. The number of hydrogen-bond donors (Lipinski definition) is 0. The summed E-state index contributed by atoms with van der Waals surface area (Å²) in [5.41, 5.74) is 2.13. The summed E-state index contributed by atoms with van der Waals surface area (Å²) in [7, 11) is 0.0370. The van der Waals surface area contributed by atoms with E-state index in [1.165, 1.54) is 4.31 Å². The Morgan fingerprint density at radius 1 is 0.913 bits per heavy atom. The lowest BCUT2D eigenvalue weighted by atomic mass is 10.1. The highest BCUT2D eigenvalue weighted by atomic mass is 32.2. The van der Waals surface area contributed by atoms with E-state index in [1.807, 2.05) is 54.6 Å². The molecule has 0 saturated carbocycles. The first-order valence-corrected chi connectivity index (χ1v) is 9.23. The van der Waals surface area contributed by atoms with Gasteiger partial charge in [0.15, 0.2) is 0 Å². The second-order valence-corrected chi connectivity index (χ2v) is 7.67. The monoisotopic (exact) mass is 333 g/mol.